The van der Waals surface area contributed by atoms with Gasteiger partial charge in [-0.1, -0.05) is 0 Å². The molecular formula is C6H10N+. The fourth-order valence-electron chi connectivity index (χ4n) is 0.718. The zero-order chi connectivity index (χ0) is 5.28. The summed E-state index contributed by atoms with van der Waals surface area (Å²) in [4.78, 5) is 0. The smallest absolute Gasteiger partial charge is 0.107 e. The van der Waals surface area contributed by atoms with Gasteiger partial charge in [-0.25, -0.2) is 0 Å². The van der Waals surface area contributed by atoms with Gasteiger partial charge in [0.2, 0.25) is 0 Å². The van der Waals surface area contributed by atoms with Crippen LogP contribution in [-0.4, -0.2) is 0 Å². The summed E-state index contributed by atoms with van der Waals surface area (Å²) in [6, 6.07) is 0. The molecule has 7 heavy (non-hydrogen) atoms. The van der Waals surface area contributed by atoms with Crippen molar-refractivity contribution in [2.45, 2.75) is 13.8 Å². The molecule has 1 heterocycles. The van der Waals surface area contributed by atoms with Crippen LogP contribution >= 0.6 is 0 Å². The summed E-state index contributed by atoms with van der Waals surface area (Å²) in [6.45, 7) is 4.21. The first-order valence-corrected chi connectivity index (χ1v) is 2.49. The number of quaternary nitrogens is 1. The molecule has 0 radical (unpaired) electrons. The molecular weight excluding hydrogens is 86.1 g/mol. The topological polar surface area (TPSA) is 16.6 Å². The summed E-state index contributed by atoms with van der Waals surface area (Å²) in [5, 5.41) is 2.12. The van der Waals surface area contributed by atoms with E-state index in [4.69, 9.17) is 0 Å². The Morgan fingerprint density at radius 3 is 2.29 bits per heavy atom. The fraction of sp³-hybridized carbons (Fsp3) is 0.333. The Balaban J connectivity index is 2.69. The van der Waals surface area contributed by atoms with Gasteiger partial charge < -0.3 is 0 Å². The maximum absolute atomic E-state index is 2.17. The molecule has 2 N–H and O–H groups in total. The molecule has 0 amide bonds. The summed E-state index contributed by atoms with van der Waals surface area (Å²) in [6.07, 6.45) is 4.29. The molecule has 1 aliphatic heterocycles. The molecule has 0 saturated carbocycles. The average Bonchev–Trinajstić information content (AvgIpc) is 1.87. The zero-order valence-electron chi connectivity index (χ0n) is 4.73. The highest BCUT2D eigenvalue weighted by Crippen LogP contribution is 1.96. The van der Waals surface area contributed by atoms with Crippen molar-refractivity contribution in [1.29, 1.82) is 0 Å². The minimum absolute atomic E-state index is 1.36. The highest BCUT2D eigenvalue weighted by atomic mass is 14.9. The Hall–Kier alpha value is -0.560. The molecule has 0 spiro atoms. The molecule has 0 atom stereocenters. The molecule has 1 heteroatoms. The molecule has 1 rings (SSSR count). The van der Waals surface area contributed by atoms with Crippen LogP contribution in [-0.2, 0) is 0 Å². The van der Waals surface area contributed by atoms with Crippen molar-refractivity contribution in [2.75, 3.05) is 0 Å². The van der Waals surface area contributed by atoms with Crippen LogP contribution in [0.2, 0.25) is 0 Å². The third-order valence-corrected chi connectivity index (χ3v) is 1.06. The number of hydrogen-bond donors (Lipinski definition) is 1. The predicted molar refractivity (Wildman–Crippen MR) is 29.4 cm³/mol. The predicted octanol–water partition coefficient (Wildman–Crippen LogP) is 0.371. The normalized spacial score (nSPS) is 19.1. The van der Waals surface area contributed by atoms with Crippen LogP contribution in [0.1, 0.15) is 13.8 Å². The standard InChI is InChI=1S/C6H9N/c1-5-3-6(2)7-4-5/h3-4,7H,1-2H3/p+1. The SMILES string of the molecule is CC1=C[NH2+]C(C)=C1. The molecule has 0 unspecified atom stereocenters. The molecule has 0 saturated heterocycles. The minimum Gasteiger partial charge on any atom is -0.291 e. The van der Waals surface area contributed by atoms with Gasteiger partial charge in [0.1, 0.15) is 11.9 Å². The second-order valence-electron chi connectivity index (χ2n) is 1.97. The third kappa shape index (κ3) is 0.904. The molecule has 0 fully saturated rings. The Labute approximate surface area is 43.7 Å². The molecule has 1 nitrogen and oxygen atoms in total. The van der Waals surface area contributed by atoms with Gasteiger partial charge in [-0.05, 0) is 6.92 Å². The van der Waals surface area contributed by atoms with Crippen molar-refractivity contribution in [3.8, 4) is 0 Å². The molecule has 38 valence electrons. The molecule has 0 aromatic carbocycles. The van der Waals surface area contributed by atoms with Gasteiger partial charge in [-0.3, -0.25) is 5.32 Å². The van der Waals surface area contributed by atoms with Crippen LogP contribution in [0.4, 0.5) is 0 Å². The van der Waals surface area contributed by atoms with E-state index in [-0.39, 0.29) is 0 Å². The molecule has 0 aliphatic carbocycles. The second-order valence-corrected chi connectivity index (χ2v) is 1.97. The van der Waals surface area contributed by atoms with Crippen LogP contribution < -0.4 is 5.32 Å². The minimum atomic E-state index is 1.36. The van der Waals surface area contributed by atoms with Crippen molar-refractivity contribution >= 4 is 0 Å². The first-order valence-electron chi connectivity index (χ1n) is 2.49. The van der Waals surface area contributed by atoms with Crippen LogP contribution in [0, 0.1) is 0 Å². The van der Waals surface area contributed by atoms with Crippen molar-refractivity contribution < 1.29 is 5.32 Å². The average molecular weight is 96.2 g/mol. The van der Waals surface area contributed by atoms with E-state index in [9.17, 15) is 0 Å². The van der Waals surface area contributed by atoms with Crippen LogP contribution in [0.15, 0.2) is 23.5 Å². The summed E-state index contributed by atoms with van der Waals surface area (Å²) >= 11 is 0. The number of rotatable bonds is 0. The third-order valence-electron chi connectivity index (χ3n) is 1.06. The van der Waals surface area contributed by atoms with Gasteiger partial charge in [0.05, 0.1) is 0 Å². The summed E-state index contributed by atoms with van der Waals surface area (Å²) in [5.41, 5.74) is 2.72. The van der Waals surface area contributed by atoms with E-state index in [1.54, 1.807) is 0 Å². The Bertz CT molecular complexity index is 131. The lowest BCUT2D eigenvalue weighted by molar-refractivity contribution is -0.530. The number of hydrogen-bond acceptors (Lipinski definition) is 0. The van der Waals surface area contributed by atoms with E-state index >= 15 is 0 Å². The monoisotopic (exact) mass is 96.1 g/mol. The maximum atomic E-state index is 2.17. The van der Waals surface area contributed by atoms with Crippen molar-refractivity contribution in [2.24, 2.45) is 0 Å². The van der Waals surface area contributed by atoms with Gasteiger partial charge in [0.25, 0.3) is 0 Å². The van der Waals surface area contributed by atoms with Crippen LogP contribution in [0.25, 0.3) is 0 Å². The Morgan fingerprint density at radius 1 is 1.43 bits per heavy atom. The van der Waals surface area contributed by atoms with E-state index in [1.807, 2.05) is 0 Å². The first-order chi connectivity index (χ1) is 3.29. The Kier molecular flexibility index (Phi) is 0.988. The summed E-state index contributed by atoms with van der Waals surface area (Å²) in [7, 11) is 0. The van der Waals surface area contributed by atoms with Crippen molar-refractivity contribution in [3.05, 3.63) is 23.5 Å². The molecule has 1 aliphatic rings. The van der Waals surface area contributed by atoms with E-state index in [0.717, 1.165) is 0 Å². The van der Waals surface area contributed by atoms with Crippen LogP contribution in [0.3, 0.4) is 0 Å². The van der Waals surface area contributed by atoms with Crippen LogP contribution in [0.5, 0.6) is 0 Å². The van der Waals surface area contributed by atoms with E-state index < -0.39 is 0 Å². The highest BCUT2D eigenvalue weighted by molar-refractivity contribution is 5.18. The maximum Gasteiger partial charge on any atom is 0.107 e. The quantitative estimate of drug-likeness (QED) is 0.448. The van der Waals surface area contributed by atoms with E-state index in [0.29, 0.717) is 0 Å². The lowest BCUT2D eigenvalue weighted by Gasteiger charge is -1.78. The number of nitrogens with two attached hydrogens (primary N) is 1. The second kappa shape index (κ2) is 1.51. The Morgan fingerprint density at radius 2 is 2.14 bits per heavy atom. The zero-order valence-corrected chi connectivity index (χ0v) is 4.73. The lowest BCUT2D eigenvalue weighted by atomic mass is 10.3. The summed E-state index contributed by atoms with van der Waals surface area (Å²) in [5.74, 6) is 0. The fourth-order valence-corrected chi connectivity index (χ4v) is 0.718. The lowest BCUT2D eigenvalue weighted by Crippen LogP contribution is -2.73. The van der Waals surface area contributed by atoms with E-state index in [1.165, 1.54) is 11.3 Å². The van der Waals surface area contributed by atoms with Gasteiger partial charge in [0.15, 0.2) is 0 Å². The molecule has 0 aromatic heterocycles. The first kappa shape index (κ1) is 4.60. The number of allylic oxidation sites excluding steroid dienone is 3. The van der Waals surface area contributed by atoms with Crippen molar-refractivity contribution in [3.63, 3.8) is 0 Å². The van der Waals surface area contributed by atoms with E-state index in [2.05, 4.69) is 31.4 Å². The van der Waals surface area contributed by atoms with Gasteiger partial charge in [-0.15, -0.1) is 0 Å². The van der Waals surface area contributed by atoms with Gasteiger partial charge >= 0.3 is 0 Å². The van der Waals surface area contributed by atoms with Crippen molar-refractivity contribution in [1.82, 2.24) is 0 Å². The van der Waals surface area contributed by atoms with Gasteiger partial charge in [-0.2, -0.15) is 0 Å². The molecule has 0 bridgehead atoms. The summed E-state index contributed by atoms with van der Waals surface area (Å²) < 4.78 is 0. The molecule has 0 aromatic rings. The highest BCUT2D eigenvalue weighted by Gasteiger charge is 1.98. The van der Waals surface area contributed by atoms with Gasteiger partial charge in [0, 0.05) is 18.6 Å². The largest absolute Gasteiger partial charge is 0.291 e.